The summed E-state index contributed by atoms with van der Waals surface area (Å²) in [6.45, 7) is 2.09. The van der Waals surface area contributed by atoms with Gasteiger partial charge >= 0.3 is 6.18 Å². The molecule has 2 saturated heterocycles. The van der Waals surface area contributed by atoms with Gasteiger partial charge in [-0.2, -0.15) is 18.3 Å². The maximum absolute atomic E-state index is 13.1. The number of hydrogen-bond donors (Lipinski definition) is 1. The molecule has 2 aromatic rings. The highest BCUT2D eigenvalue weighted by Crippen LogP contribution is 2.33. The number of halogens is 5. The molecule has 1 unspecified atom stereocenters. The number of nitrogens with one attached hydrogen (secondary N) is 1. The van der Waals surface area contributed by atoms with E-state index in [4.69, 9.17) is 0 Å². The molecule has 4 heterocycles. The third kappa shape index (κ3) is 5.16. The fraction of sp³-hybridized carbons (Fsp3) is 0.550. The number of amides is 1. The van der Waals surface area contributed by atoms with Crippen LogP contribution in [0.2, 0.25) is 0 Å². The highest BCUT2D eigenvalue weighted by atomic mass is 19.4. The van der Waals surface area contributed by atoms with Gasteiger partial charge in [0.25, 0.3) is 12.0 Å². The van der Waals surface area contributed by atoms with Crippen LogP contribution >= 0.6 is 0 Å². The summed E-state index contributed by atoms with van der Waals surface area (Å²) in [5, 5.41) is 5.71. The van der Waals surface area contributed by atoms with E-state index < -0.39 is 29.8 Å². The molecule has 0 saturated carbocycles. The van der Waals surface area contributed by atoms with E-state index in [9.17, 15) is 31.5 Å². The zero-order chi connectivity index (χ0) is 24.5. The van der Waals surface area contributed by atoms with Gasteiger partial charge in [-0.1, -0.05) is 0 Å². The molecule has 34 heavy (non-hydrogen) atoms. The van der Waals surface area contributed by atoms with Gasteiger partial charge in [0.2, 0.25) is 11.9 Å². The smallest absolute Gasteiger partial charge is 0.338 e. The van der Waals surface area contributed by atoms with Gasteiger partial charge in [-0.3, -0.25) is 14.5 Å². The van der Waals surface area contributed by atoms with E-state index in [0.717, 1.165) is 18.5 Å². The zero-order valence-corrected chi connectivity index (χ0v) is 17.9. The molecule has 2 aliphatic heterocycles. The zero-order valence-electron chi connectivity index (χ0n) is 17.9. The largest absolute Gasteiger partial charge is 0.421 e. The quantitative estimate of drug-likeness (QED) is 0.645. The predicted molar refractivity (Wildman–Crippen MR) is 109 cm³/mol. The lowest BCUT2D eigenvalue weighted by Crippen LogP contribution is -2.51. The molecule has 0 bridgehead atoms. The van der Waals surface area contributed by atoms with Gasteiger partial charge in [0, 0.05) is 38.6 Å². The number of aromatic amines is 1. The van der Waals surface area contributed by atoms with Crippen LogP contribution in [0, 0.1) is 0 Å². The van der Waals surface area contributed by atoms with Gasteiger partial charge in [0.1, 0.15) is 5.56 Å². The first-order valence-corrected chi connectivity index (χ1v) is 10.7. The Bertz CT molecular complexity index is 1070. The van der Waals surface area contributed by atoms with Crippen LogP contribution in [-0.4, -0.2) is 75.1 Å². The average Bonchev–Trinajstić information content (AvgIpc) is 3.27. The first-order valence-electron chi connectivity index (χ1n) is 10.7. The topological polar surface area (TPSA) is 98.3 Å². The number of aromatic nitrogens is 4. The van der Waals surface area contributed by atoms with Gasteiger partial charge in [0.15, 0.2) is 0 Å². The van der Waals surface area contributed by atoms with Crippen LogP contribution in [-0.2, 0) is 11.0 Å². The second-order valence-electron chi connectivity index (χ2n) is 8.15. The molecule has 0 aromatic carbocycles. The van der Waals surface area contributed by atoms with Gasteiger partial charge < -0.3 is 9.80 Å². The molecular formula is C20H22F5N7O2. The minimum Gasteiger partial charge on any atom is -0.338 e. The summed E-state index contributed by atoms with van der Waals surface area (Å²) in [7, 11) is 0. The molecule has 0 aliphatic carbocycles. The third-order valence-corrected chi connectivity index (χ3v) is 6.00. The van der Waals surface area contributed by atoms with Crippen molar-refractivity contribution in [2.45, 2.75) is 31.5 Å². The minimum absolute atomic E-state index is 0.00636. The summed E-state index contributed by atoms with van der Waals surface area (Å²) in [5.74, 6) is 0.127. The predicted octanol–water partition coefficient (Wildman–Crippen LogP) is 2.00. The Morgan fingerprint density at radius 2 is 1.79 bits per heavy atom. The molecule has 2 aliphatic rings. The Morgan fingerprint density at radius 3 is 2.41 bits per heavy atom. The average molecular weight is 487 g/mol. The number of piperazine rings is 1. The monoisotopic (exact) mass is 487 g/mol. The number of rotatable bonds is 5. The molecule has 9 nitrogen and oxygen atoms in total. The number of anilines is 1. The van der Waals surface area contributed by atoms with E-state index in [2.05, 4.69) is 15.1 Å². The molecule has 0 spiro atoms. The molecule has 1 N–H and O–H groups in total. The maximum Gasteiger partial charge on any atom is 0.421 e. The van der Waals surface area contributed by atoms with Crippen LogP contribution < -0.4 is 10.5 Å². The highest BCUT2D eigenvalue weighted by molar-refractivity contribution is 5.78. The molecule has 1 amide bonds. The standard InChI is InChI=1S/C20H22F5N7O2/c21-17(22)12-9-26-19(27-10-12)31-6-4-30(5-7-31)16(33)11-32-3-1-2-15(32)14-8-13(20(23,24)25)18(34)29-28-14/h8-10,15,17H,1-7,11H2,(H,29,34). The van der Waals surface area contributed by atoms with Crippen molar-refractivity contribution in [3.8, 4) is 0 Å². The van der Waals surface area contributed by atoms with Crippen LogP contribution in [0.5, 0.6) is 0 Å². The molecule has 14 heteroatoms. The molecular weight excluding hydrogens is 465 g/mol. The van der Waals surface area contributed by atoms with Crippen molar-refractivity contribution in [3.63, 3.8) is 0 Å². The van der Waals surface area contributed by atoms with Crippen LogP contribution in [0.1, 0.15) is 42.1 Å². The molecule has 2 fully saturated rings. The van der Waals surface area contributed by atoms with Crippen molar-refractivity contribution in [1.29, 1.82) is 0 Å². The summed E-state index contributed by atoms with van der Waals surface area (Å²) in [5.41, 5.74) is -2.80. The lowest BCUT2D eigenvalue weighted by atomic mass is 10.1. The Kier molecular flexibility index (Phi) is 6.77. The minimum atomic E-state index is -4.80. The van der Waals surface area contributed by atoms with Crippen molar-refractivity contribution in [2.75, 3.05) is 44.2 Å². The number of H-pyrrole nitrogens is 1. The lowest BCUT2D eigenvalue weighted by Gasteiger charge is -2.36. The van der Waals surface area contributed by atoms with E-state index in [1.165, 1.54) is 0 Å². The summed E-state index contributed by atoms with van der Waals surface area (Å²) in [6.07, 6.45) is -4.10. The third-order valence-electron chi connectivity index (χ3n) is 6.00. The number of carbonyl (C=O) groups is 1. The highest BCUT2D eigenvalue weighted by Gasteiger charge is 2.37. The maximum atomic E-state index is 13.1. The number of alkyl halides is 5. The molecule has 4 rings (SSSR count). The number of likely N-dealkylation sites (tertiary alicyclic amines) is 1. The van der Waals surface area contributed by atoms with Crippen molar-refractivity contribution < 1.29 is 26.7 Å². The Balaban J connectivity index is 1.36. The first-order chi connectivity index (χ1) is 16.1. The first kappa shape index (κ1) is 24.0. The summed E-state index contributed by atoms with van der Waals surface area (Å²) >= 11 is 0. The van der Waals surface area contributed by atoms with Crippen molar-refractivity contribution in [1.82, 2.24) is 30.0 Å². The van der Waals surface area contributed by atoms with Crippen LogP contribution in [0.15, 0.2) is 23.3 Å². The summed E-state index contributed by atoms with van der Waals surface area (Å²) in [4.78, 5) is 37.5. The summed E-state index contributed by atoms with van der Waals surface area (Å²) in [6, 6.07) is 0.245. The molecule has 184 valence electrons. The van der Waals surface area contributed by atoms with E-state index in [-0.39, 0.29) is 23.7 Å². The second kappa shape index (κ2) is 9.60. The van der Waals surface area contributed by atoms with E-state index in [1.807, 2.05) is 5.10 Å². The van der Waals surface area contributed by atoms with Gasteiger partial charge in [-0.15, -0.1) is 0 Å². The van der Waals surface area contributed by atoms with Gasteiger partial charge in [0.05, 0.1) is 23.8 Å². The van der Waals surface area contributed by atoms with Crippen LogP contribution in [0.4, 0.5) is 27.9 Å². The molecule has 1 atom stereocenters. The van der Waals surface area contributed by atoms with E-state index in [1.54, 1.807) is 14.7 Å². The van der Waals surface area contributed by atoms with Crippen LogP contribution in [0.3, 0.4) is 0 Å². The van der Waals surface area contributed by atoms with Crippen molar-refractivity contribution >= 4 is 11.9 Å². The molecule has 0 radical (unpaired) electrons. The summed E-state index contributed by atoms with van der Waals surface area (Å²) < 4.78 is 64.6. The Labute approximate surface area is 190 Å². The van der Waals surface area contributed by atoms with Crippen molar-refractivity contribution in [3.05, 3.63) is 45.6 Å². The Hall–Kier alpha value is -3.16. The van der Waals surface area contributed by atoms with E-state index >= 15 is 0 Å². The Morgan fingerprint density at radius 1 is 1.12 bits per heavy atom. The van der Waals surface area contributed by atoms with Gasteiger partial charge in [-0.05, 0) is 25.5 Å². The van der Waals surface area contributed by atoms with Crippen molar-refractivity contribution in [2.24, 2.45) is 0 Å². The van der Waals surface area contributed by atoms with Gasteiger partial charge in [-0.25, -0.2) is 23.8 Å². The van der Waals surface area contributed by atoms with E-state index in [0.29, 0.717) is 51.5 Å². The van der Waals surface area contributed by atoms with Crippen LogP contribution in [0.25, 0.3) is 0 Å². The number of hydrogen-bond acceptors (Lipinski definition) is 7. The second-order valence-corrected chi connectivity index (χ2v) is 8.15. The SMILES string of the molecule is O=C(CN1CCCC1c1cc(C(F)(F)F)c(=O)[nH]n1)N1CCN(c2ncc(C(F)F)cn2)CC1. The fourth-order valence-corrected chi connectivity index (χ4v) is 4.19. The number of carbonyl (C=O) groups excluding carboxylic acids is 1. The molecule has 2 aromatic heterocycles. The normalized spacial score (nSPS) is 19.8. The fourth-order valence-electron chi connectivity index (χ4n) is 4.19. The number of nitrogens with zero attached hydrogens (tertiary/aromatic N) is 6. The lowest BCUT2D eigenvalue weighted by molar-refractivity contribution is -0.139.